The van der Waals surface area contributed by atoms with E-state index in [1.165, 1.54) is 5.56 Å². The molecule has 0 aliphatic heterocycles. The molecule has 0 aliphatic carbocycles. The van der Waals surface area contributed by atoms with E-state index in [2.05, 4.69) is 65.1 Å². The summed E-state index contributed by atoms with van der Waals surface area (Å²) in [6.45, 7) is 16.3. The summed E-state index contributed by atoms with van der Waals surface area (Å²) in [5.41, 5.74) is 6.86. The van der Waals surface area contributed by atoms with E-state index in [0.717, 1.165) is 28.7 Å². The maximum absolute atomic E-state index is 12.2. The van der Waals surface area contributed by atoms with E-state index in [1.54, 1.807) is 6.21 Å². The number of phenolic OH excluding ortho intramolecular Hbond substituents is 1. The lowest BCUT2D eigenvalue weighted by Gasteiger charge is -2.27. The van der Waals surface area contributed by atoms with Gasteiger partial charge in [-0.3, -0.25) is 4.79 Å². The van der Waals surface area contributed by atoms with E-state index >= 15 is 0 Å². The minimum atomic E-state index is -0.332. The first-order valence-electron chi connectivity index (χ1n) is 10.7. The molecule has 31 heavy (non-hydrogen) atoms. The predicted molar refractivity (Wildman–Crippen MR) is 127 cm³/mol. The second kappa shape index (κ2) is 9.54. The first kappa shape index (κ1) is 24.4. The highest BCUT2D eigenvalue weighted by Crippen LogP contribution is 2.39. The zero-order valence-electron chi connectivity index (χ0n) is 20.1. The van der Waals surface area contributed by atoms with Crippen LogP contribution in [-0.2, 0) is 22.0 Å². The third-order valence-electron chi connectivity index (χ3n) is 5.04. The van der Waals surface area contributed by atoms with Crippen molar-refractivity contribution in [3.63, 3.8) is 0 Å². The van der Waals surface area contributed by atoms with Crippen molar-refractivity contribution in [2.45, 2.75) is 72.6 Å². The molecule has 0 aromatic heterocycles. The van der Waals surface area contributed by atoms with Gasteiger partial charge in [0.05, 0.1) is 6.21 Å². The molecular formula is C26H36N2O3. The number of hydrogen-bond acceptors (Lipinski definition) is 4. The van der Waals surface area contributed by atoms with Crippen molar-refractivity contribution < 1.29 is 14.6 Å². The van der Waals surface area contributed by atoms with Crippen LogP contribution >= 0.6 is 0 Å². The lowest BCUT2D eigenvalue weighted by atomic mass is 9.78. The molecule has 5 nitrogen and oxygen atoms in total. The fraction of sp³-hybridized carbons (Fsp3) is 0.462. The number of phenols is 1. The van der Waals surface area contributed by atoms with Crippen molar-refractivity contribution in [1.29, 1.82) is 0 Å². The van der Waals surface area contributed by atoms with E-state index in [4.69, 9.17) is 4.74 Å². The lowest BCUT2D eigenvalue weighted by Crippen LogP contribution is -2.24. The van der Waals surface area contributed by atoms with Crippen LogP contribution in [0.15, 0.2) is 35.4 Å². The van der Waals surface area contributed by atoms with Gasteiger partial charge < -0.3 is 9.84 Å². The number of hydrazone groups is 1. The SMILES string of the molecule is CCc1cc(C)cc(OCC(=O)N/N=C/c2cc(C(C)(C)C)c(O)c(C(C)(C)C)c2)c1. The summed E-state index contributed by atoms with van der Waals surface area (Å²) >= 11 is 0. The Morgan fingerprint density at radius 3 is 2.13 bits per heavy atom. The molecule has 2 rings (SSSR count). The monoisotopic (exact) mass is 424 g/mol. The summed E-state index contributed by atoms with van der Waals surface area (Å²) in [5.74, 6) is 0.667. The Bertz CT molecular complexity index is 929. The average molecular weight is 425 g/mol. The van der Waals surface area contributed by atoms with E-state index in [-0.39, 0.29) is 23.3 Å². The molecule has 0 spiro atoms. The van der Waals surface area contributed by atoms with Crippen LogP contribution in [0.5, 0.6) is 11.5 Å². The van der Waals surface area contributed by atoms with E-state index < -0.39 is 0 Å². The van der Waals surface area contributed by atoms with E-state index in [0.29, 0.717) is 11.5 Å². The number of aromatic hydroxyl groups is 1. The van der Waals surface area contributed by atoms with Crippen molar-refractivity contribution in [2.24, 2.45) is 5.10 Å². The second-order valence-corrected chi connectivity index (χ2v) is 10.1. The minimum absolute atomic E-state index is 0.111. The molecule has 5 heteroatoms. The second-order valence-electron chi connectivity index (χ2n) is 10.1. The Hall–Kier alpha value is -2.82. The molecular weight excluding hydrogens is 388 g/mol. The van der Waals surface area contributed by atoms with Crippen LogP contribution in [-0.4, -0.2) is 23.8 Å². The van der Waals surface area contributed by atoms with Crippen molar-refractivity contribution in [2.75, 3.05) is 6.61 Å². The number of benzene rings is 2. The van der Waals surface area contributed by atoms with Gasteiger partial charge in [0.2, 0.25) is 0 Å². The third-order valence-corrected chi connectivity index (χ3v) is 5.04. The molecule has 0 heterocycles. The van der Waals surface area contributed by atoms with Gasteiger partial charge in [-0.15, -0.1) is 0 Å². The van der Waals surface area contributed by atoms with Gasteiger partial charge in [-0.05, 0) is 65.1 Å². The molecule has 0 radical (unpaired) electrons. The molecule has 0 bridgehead atoms. The number of nitrogens with zero attached hydrogens (tertiary/aromatic N) is 1. The largest absolute Gasteiger partial charge is 0.507 e. The number of aryl methyl sites for hydroxylation is 2. The lowest BCUT2D eigenvalue weighted by molar-refractivity contribution is -0.123. The molecule has 0 unspecified atom stereocenters. The standard InChI is InChI=1S/C26H36N2O3/c1-9-18-10-17(2)11-20(12-18)31-16-23(29)28-27-15-19-13-21(25(3,4)5)24(30)22(14-19)26(6,7)8/h10-15,30H,9,16H2,1-8H3,(H,28,29)/b27-15+. The Kier molecular flexibility index (Phi) is 7.53. The average Bonchev–Trinajstić information content (AvgIpc) is 2.65. The first-order valence-corrected chi connectivity index (χ1v) is 10.7. The number of carbonyl (C=O) groups excluding carboxylic acids is 1. The Balaban J connectivity index is 2.11. The Morgan fingerprint density at radius 1 is 1.03 bits per heavy atom. The van der Waals surface area contributed by atoms with Gasteiger partial charge in [0.15, 0.2) is 6.61 Å². The van der Waals surface area contributed by atoms with E-state index in [1.807, 2.05) is 31.2 Å². The summed E-state index contributed by atoms with van der Waals surface area (Å²) in [7, 11) is 0. The zero-order chi connectivity index (χ0) is 23.4. The highest BCUT2D eigenvalue weighted by atomic mass is 16.5. The van der Waals surface area contributed by atoms with Crippen LogP contribution in [0.2, 0.25) is 0 Å². The maximum Gasteiger partial charge on any atom is 0.277 e. The highest BCUT2D eigenvalue weighted by molar-refractivity contribution is 5.84. The quantitative estimate of drug-likeness (QED) is 0.483. The molecule has 2 N–H and O–H groups in total. The first-order chi connectivity index (χ1) is 14.3. The Labute approximate surface area is 186 Å². The van der Waals surface area contributed by atoms with Crippen molar-refractivity contribution in [1.82, 2.24) is 5.43 Å². The van der Waals surface area contributed by atoms with E-state index in [9.17, 15) is 9.90 Å². The summed E-state index contributed by atoms with van der Waals surface area (Å²) in [6, 6.07) is 9.79. The van der Waals surface area contributed by atoms with Crippen LogP contribution in [0.1, 0.15) is 76.3 Å². The number of amides is 1. The van der Waals surface area contributed by atoms with Gasteiger partial charge >= 0.3 is 0 Å². The number of hydrogen-bond donors (Lipinski definition) is 2. The third kappa shape index (κ3) is 6.84. The number of nitrogens with one attached hydrogen (secondary N) is 1. The van der Waals surface area contributed by atoms with Gasteiger partial charge in [0.1, 0.15) is 11.5 Å². The predicted octanol–water partition coefficient (Wildman–Crippen LogP) is 5.39. The molecule has 0 fully saturated rings. The molecule has 0 aliphatic rings. The normalized spacial score (nSPS) is 12.3. The van der Waals surface area contributed by atoms with Crippen molar-refractivity contribution in [3.8, 4) is 11.5 Å². The van der Waals surface area contributed by atoms with Gasteiger partial charge in [0.25, 0.3) is 5.91 Å². The molecule has 2 aromatic rings. The van der Waals surface area contributed by atoms with Crippen LogP contribution in [0, 0.1) is 6.92 Å². The highest BCUT2D eigenvalue weighted by Gasteiger charge is 2.26. The Morgan fingerprint density at radius 2 is 1.61 bits per heavy atom. The number of rotatable bonds is 6. The molecule has 0 atom stereocenters. The fourth-order valence-electron chi connectivity index (χ4n) is 3.35. The zero-order valence-corrected chi connectivity index (χ0v) is 20.1. The topological polar surface area (TPSA) is 70.9 Å². The summed E-state index contributed by atoms with van der Waals surface area (Å²) in [6.07, 6.45) is 2.51. The van der Waals surface area contributed by atoms with Gasteiger partial charge in [-0.2, -0.15) is 5.10 Å². The van der Waals surface area contributed by atoms with Crippen LogP contribution < -0.4 is 10.2 Å². The van der Waals surface area contributed by atoms with Crippen LogP contribution in [0.3, 0.4) is 0 Å². The van der Waals surface area contributed by atoms with Crippen LogP contribution in [0.25, 0.3) is 0 Å². The van der Waals surface area contributed by atoms with Crippen molar-refractivity contribution >= 4 is 12.1 Å². The number of ether oxygens (including phenoxy) is 1. The van der Waals surface area contributed by atoms with Gasteiger partial charge in [0, 0.05) is 11.1 Å². The molecule has 0 saturated heterocycles. The summed E-state index contributed by atoms with van der Waals surface area (Å²) < 4.78 is 5.62. The number of carbonyl (C=O) groups is 1. The van der Waals surface area contributed by atoms with Crippen LogP contribution in [0.4, 0.5) is 0 Å². The molecule has 1 amide bonds. The molecule has 2 aromatic carbocycles. The van der Waals surface area contributed by atoms with Crippen molar-refractivity contribution in [3.05, 3.63) is 58.1 Å². The fourth-order valence-corrected chi connectivity index (χ4v) is 3.35. The summed E-state index contributed by atoms with van der Waals surface area (Å²) in [4.78, 5) is 12.2. The molecule has 0 saturated carbocycles. The van der Waals surface area contributed by atoms with Gasteiger partial charge in [-0.25, -0.2) is 5.43 Å². The summed E-state index contributed by atoms with van der Waals surface area (Å²) in [5, 5.41) is 14.9. The maximum atomic E-state index is 12.2. The smallest absolute Gasteiger partial charge is 0.277 e. The molecule has 168 valence electrons. The van der Waals surface area contributed by atoms with Gasteiger partial charge in [-0.1, -0.05) is 54.5 Å². The minimum Gasteiger partial charge on any atom is -0.507 e.